The Labute approximate surface area is 160 Å². The van der Waals surface area contributed by atoms with Gasteiger partial charge < -0.3 is 14.8 Å². The molecule has 1 aliphatic rings. The zero-order chi connectivity index (χ0) is 17.9. The molecule has 6 heteroatoms. The third-order valence-electron chi connectivity index (χ3n) is 4.59. The van der Waals surface area contributed by atoms with Gasteiger partial charge in [0.2, 0.25) is 5.91 Å². The van der Waals surface area contributed by atoms with Gasteiger partial charge in [0.15, 0.2) is 0 Å². The average molecular weight is 425 g/mol. The van der Waals surface area contributed by atoms with Crippen LogP contribution in [0.3, 0.4) is 0 Å². The molecular formula is C19H19BrClNO3. The highest BCUT2D eigenvalue weighted by molar-refractivity contribution is 9.10. The summed E-state index contributed by atoms with van der Waals surface area (Å²) >= 11 is 9.61. The first-order chi connectivity index (χ1) is 12.0. The summed E-state index contributed by atoms with van der Waals surface area (Å²) < 4.78 is 11.6. The maximum absolute atomic E-state index is 13.2. The van der Waals surface area contributed by atoms with E-state index < -0.39 is 5.41 Å². The smallest absolute Gasteiger partial charge is 0.235 e. The number of hydrogen-bond donors (Lipinski definition) is 1. The lowest BCUT2D eigenvalue weighted by Crippen LogP contribution is -2.44. The van der Waals surface area contributed by atoms with Crippen LogP contribution in [0.4, 0.5) is 5.69 Å². The van der Waals surface area contributed by atoms with Crippen molar-refractivity contribution in [2.45, 2.75) is 18.3 Å². The van der Waals surface area contributed by atoms with Crippen molar-refractivity contribution in [3.8, 4) is 5.75 Å². The zero-order valence-corrected chi connectivity index (χ0v) is 16.2. The fourth-order valence-corrected chi connectivity index (χ4v) is 3.65. The second kappa shape index (κ2) is 7.77. The van der Waals surface area contributed by atoms with Gasteiger partial charge in [-0.15, -0.1) is 0 Å². The molecule has 0 aliphatic carbocycles. The van der Waals surface area contributed by atoms with E-state index >= 15 is 0 Å². The van der Waals surface area contributed by atoms with Crippen LogP contribution in [0.5, 0.6) is 5.75 Å². The topological polar surface area (TPSA) is 47.6 Å². The highest BCUT2D eigenvalue weighted by Gasteiger charge is 2.41. The van der Waals surface area contributed by atoms with Crippen LogP contribution in [-0.2, 0) is 14.9 Å². The fourth-order valence-electron chi connectivity index (χ4n) is 3.13. The monoisotopic (exact) mass is 423 g/mol. The predicted molar refractivity (Wildman–Crippen MR) is 103 cm³/mol. The molecular weight excluding hydrogens is 406 g/mol. The lowest BCUT2D eigenvalue weighted by molar-refractivity contribution is -0.125. The van der Waals surface area contributed by atoms with Crippen LogP contribution in [0.25, 0.3) is 0 Å². The molecule has 4 nitrogen and oxygen atoms in total. The van der Waals surface area contributed by atoms with Crippen LogP contribution in [0.2, 0.25) is 5.02 Å². The van der Waals surface area contributed by atoms with Gasteiger partial charge in [0.25, 0.3) is 0 Å². The minimum absolute atomic E-state index is 0.0423. The molecule has 132 valence electrons. The second-order valence-corrected chi connectivity index (χ2v) is 7.33. The molecule has 0 atom stereocenters. The lowest BCUT2D eigenvalue weighted by atomic mass is 9.73. The largest absolute Gasteiger partial charge is 0.495 e. The van der Waals surface area contributed by atoms with Crippen molar-refractivity contribution in [2.75, 3.05) is 25.6 Å². The van der Waals surface area contributed by atoms with Crippen LogP contribution in [0, 0.1) is 0 Å². The third-order valence-corrected chi connectivity index (χ3v) is 5.41. The molecule has 3 rings (SSSR count). The quantitative estimate of drug-likeness (QED) is 0.767. The van der Waals surface area contributed by atoms with E-state index in [4.69, 9.17) is 21.1 Å². The lowest BCUT2D eigenvalue weighted by Gasteiger charge is -2.36. The molecule has 1 aliphatic heterocycles. The highest BCUT2D eigenvalue weighted by Crippen LogP contribution is 2.37. The predicted octanol–water partition coefficient (Wildman–Crippen LogP) is 4.80. The summed E-state index contributed by atoms with van der Waals surface area (Å²) in [6.45, 7) is 1.12. The maximum atomic E-state index is 13.2. The van der Waals surface area contributed by atoms with E-state index in [1.165, 1.54) is 0 Å². The van der Waals surface area contributed by atoms with Gasteiger partial charge >= 0.3 is 0 Å². The SMILES string of the molecule is COc1ccc(NC(=O)C2(c3ccc(Br)cc3)CCOCC2)cc1Cl. The van der Waals surface area contributed by atoms with Crippen molar-refractivity contribution in [3.63, 3.8) is 0 Å². The first-order valence-electron chi connectivity index (χ1n) is 8.04. The average Bonchev–Trinajstić information content (AvgIpc) is 2.63. The number of nitrogens with one attached hydrogen (secondary N) is 1. The molecule has 1 fully saturated rings. The Morgan fingerprint density at radius 1 is 1.20 bits per heavy atom. The number of methoxy groups -OCH3 is 1. The minimum Gasteiger partial charge on any atom is -0.495 e. The van der Waals surface area contributed by atoms with Crippen molar-refractivity contribution in [2.24, 2.45) is 0 Å². The number of hydrogen-bond acceptors (Lipinski definition) is 3. The Kier molecular flexibility index (Phi) is 5.67. The summed E-state index contributed by atoms with van der Waals surface area (Å²) in [5, 5.41) is 3.47. The Morgan fingerprint density at radius 3 is 2.48 bits per heavy atom. The standard InChI is InChI=1S/C19H19BrClNO3/c1-24-17-7-6-15(12-16(17)21)22-18(23)19(8-10-25-11-9-19)13-2-4-14(20)5-3-13/h2-7,12H,8-11H2,1H3,(H,22,23). The maximum Gasteiger partial charge on any atom is 0.235 e. The molecule has 0 saturated carbocycles. The minimum atomic E-state index is -0.606. The number of amides is 1. The first-order valence-corrected chi connectivity index (χ1v) is 9.21. The number of ether oxygens (including phenoxy) is 2. The third kappa shape index (κ3) is 3.84. The molecule has 1 heterocycles. The number of halogens is 2. The van der Waals surface area contributed by atoms with Gasteiger partial charge in [0.05, 0.1) is 17.5 Å². The van der Waals surface area contributed by atoms with E-state index in [9.17, 15) is 4.79 Å². The molecule has 25 heavy (non-hydrogen) atoms. The normalized spacial score (nSPS) is 16.3. The van der Waals surface area contributed by atoms with E-state index in [2.05, 4.69) is 21.2 Å². The van der Waals surface area contributed by atoms with Crippen LogP contribution in [-0.4, -0.2) is 26.2 Å². The van der Waals surface area contributed by atoms with Crippen LogP contribution in [0.1, 0.15) is 18.4 Å². The molecule has 0 bridgehead atoms. The van der Waals surface area contributed by atoms with Gasteiger partial charge in [0, 0.05) is 23.4 Å². The summed E-state index contributed by atoms with van der Waals surface area (Å²) in [6, 6.07) is 13.2. The number of carbonyl (C=O) groups is 1. The fraction of sp³-hybridized carbons (Fsp3) is 0.316. The number of rotatable bonds is 4. The van der Waals surface area contributed by atoms with Gasteiger partial charge in [-0.25, -0.2) is 0 Å². The van der Waals surface area contributed by atoms with Crippen molar-refractivity contribution >= 4 is 39.1 Å². The van der Waals surface area contributed by atoms with Crippen LogP contribution < -0.4 is 10.1 Å². The number of carbonyl (C=O) groups excluding carboxylic acids is 1. The van der Waals surface area contributed by atoms with Crippen LogP contribution >= 0.6 is 27.5 Å². The Hall–Kier alpha value is -1.56. The molecule has 2 aromatic rings. The molecule has 1 amide bonds. The van der Waals surface area contributed by atoms with Gasteiger partial charge in [0.1, 0.15) is 5.75 Å². The van der Waals surface area contributed by atoms with E-state index in [0.717, 1.165) is 10.0 Å². The Morgan fingerprint density at radius 2 is 1.88 bits per heavy atom. The molecule has 0 unspecified atom stereocenters. The second-order valence-electron chi connectivity index (χ2n) is 6.00. The van der Waals surface area contributed by atoms with Gasteiger partial charge in [-0.05, 0) is 48.7 Å². The molecule has 0 aromatic heterocycles. The summed E-state index contributed by atoms with van der Waals surface area (Å²) in [6.07, 6.45) is 1.29. The highest BCUT2D eigenvalue weighted by atomic mass is 79.9. The van der Waals surface area contributed by atoms with Crippen molar-refractivity contribution in [3.05, 3.63) is 57.5 Å². The van der Waals surface area contributed by atoms with Crippen molar-refractivity contribution in [1.29, 1.82) is 0 Å². The molecule has 0 spiro atoms. The molecule has 1 saturated heterocycles. The number of anilines is 1. The van der Waals surface area contributed by atoms with E-state index in [-0.39, 0.29) is 5.91 Å². The van der Waals surface area contributed by atoms with E-state index in [1.807, 2.05) is 24.3 Å². The van der Waals surface area contributed by atoms with E-state index in [1.54, 1.807) is 25.3 Å². The summed E-state index contributed by atoms with van der Waals surface area (Å²) in [5.41, 5.74) is 1.04. The van der Waals surface area contributed by atoms with Gasteiger partial charge in [-0.2, -0.15) is 0 Å². The van der Waals surface area contributed by atoms with Gasteiger partial charge in [-0.3, -0.25) is 4.79 Å². The molecule has 2 aromatic carbocycles. The Balaban J connectivity index is 1.89. The summed E-state index contributed by atoms with van der Waals surface area (Å²) in [7, 11) is 1.56. The molecule has 0 radical (unpaired) electrons. The summed E-state index contributed by atoms with van der Waals surface area (Å²) in [5.74, 6) is 0.535. The van der Waals surface area contributed by atoms with Crippen LogP contribution in [0.15, 0.2) is 46.9 Å². The Bertz CT molecular complexity index is 758. The van der Waals surface area contributed by atoms with Crippen molar-refractivity contribution in [1.82, 2.24) is 0 Å². The summed E-state index contributed by atoms with van der Waals surface area (Å²) in [4.78, 5) is 13.2. The zero-order valence-electron chi connectivity index (χ0n) is 13.9. The first kappa shape index (κ1) is 18.2. The molecule has 1 N–H and O–H groups in total. The van der Waals surface area contributed by atoms with Crippen molar-refractivity contribution < 1.29 is 14.3 Å². The van der Waals surface area contributed by atoms with Gasteiger partial charge in [-0.1, -0.05) is 39.7 Å². The number of benzene rings is 2. The van der Waals surface area contributed by atoms with E-state index in [0.29, 0.717) is 42.5 Å².